The Morgan fingerprint density at radius 3 is 2.71 bits per heavy atom. The van der Waals surface area contributed by atoms with Crippen LogP contribution in [0.25, 0.3) is 0 Å². The van der Waals surface area contributed by atoms with Crippen LogP contribution in [0.5, 0.6) is 11.5 Å². The summed E-state index contributed by atoms with van der Waals surface area (Å²) in [4.78, 5) is 3.96. The van der Waals surface area contributed by atoms with E-state index in [9.17, 15) is 0 Å². The summed E-state index contributed by atoms with van der Waals surface area (Å²) in [5.41, 5.74) is 0.894. The van der Waals surface area contributed by atoms with Crippen LogP contribution < -0.4 is 4.74 Å². The molecule has 0 unspecified atom stereocenters. The molecule has 0 N–H and O–H groups in total. The van der Waals surface area contributed by atoms with Crippen LogP contribution in [0, 0.1) is 6.92 Å². The molecule has 2 nitrogen and oxygen atoms in total. The van der Waals surface area contributed by atoms with Gasteiger partial charge in [0.25, 0.3) is 0 Å². The maximum Gasteiger partial charge on any atom is 0.147 e. The molecule has 1 aromatic heterocycles. The number of aromatic nitrogens is 1. The van der Waals surface area contributed by atoms with Crippen LogP contribution in [-0.4, -0.2) is 4.98 Å². The predicted molar refractivity (Wildman–Crippen MR) is 73.2 cm³/mol. The molecule has 0 atom stereocenters. The van der Waals surface area contributed by atoms with Crippen LogP contribution in [0.4, 0.5) is 0 Å². The Kier molecular flexibility index (Phi) is 3.92. The first kappa shape index (κ1) is 12.7. The lowest BCUT2D eigenvalue weighted by Crippen LogP contribution is -1.90. The van der Waals surface area contributed by atoms with E-state index in [0.717, 1.165) is 10.0 Å². The third-order valence-electron chi connectivity index (χ3n) is 2.13. The van der Waals surface area contributed by atoms with Crippen molar-refractivity contribution in [3.63, 3.8) is 0 Å². The summed E-state index contributed by atoms with van der Waals surface area (Å²) < 4.78 is 6.61. The molecule has 0 aliphatic carbocycles. The Balaban J connectivity index is 2.37. The number of hydrogen-bond acceptors (Lipinski definition) is 2. The molecule has 5 heteroatoms. The molecule has 0 aliphatic heterocycles. The minimum Gasteiger partial charge on any atom is -0.455 e. The largest absolute Gasteiger partial charge is 0.455 e. The zero-order valence-corrected chi connectivity index (χ0v) is 12.0. The predicted octanol–water partition coefficient (Wildman–Crippen LogP) is 5.25. The molecular formula is C12H8BrCl2NO. The van der Waals surface area contributed by atoms with E-state index < -0.39 is 0 Å². The molecule has 0 bridgehead atoms. The maximum absolute atomic E-state index is 6.04. The second-order valence-corrected chi connectivity index (χ2v) is 5.16. The number of benzene rings is 1. The van der Waals surface area contributed by atoms with Crippen molar-refractivity contribution in [1.82, 2.24) is 4.98 Å². The van der Waals surface area contributed by atoms with E-state index in [4.69, 9.17) is 27.9 Å². The average Bonchev–Trinajstić information content (AvgIpc) is 2.28. The zero-order valence-electron chi connectivity index (χ0n) is 8.88. The van der Waals surface area contributed by atoms with Crippen LogP contribution in [-0.2, 0) is 0 Å². The lowest BCUT2D eigenvalue weighted by atomic mass is 10.3. The van der Waals surface area contributed by atoms with E-state index in [1.54, 1.807) is 24.4 Å². The summed E-state index contributed by atoms with van der Waals surface area (Å²) in [7, 11) is 0. The summed E-state index contributed by atoms with van der Waals surface area (Å²) in [6.45, 7) is 1.89. The van der Waals surface area contributed by atoms with Crippen LogP contribution in [0.1, 0.15) is 5.56 Å². The van der Waals surface area contributed by atoms with E-state index in [1.807, 2.05) is 13.0 Å². The summed E-state index contributed by atoms with van der Waals surface area (Å²) in [5, 5.41) is 0.928. The topological polar surface area (TPSA) is 22.1 Å². The third kappa shape index (κ3) is 3.12. The van der Waals surface area contributed by atoms with Crippen molar-refractivity contribution in [1.29, 1.82) is 0 Å². The van der Waals surface area contributed by atoms with Gasteiger partial charge < -0.3 is 4.74 Å². The number of aryl methyl sites for hydroxylation is 1. The Hall–Kier alpha value is -0.770. The molecule has 1 heterocycles. The van der Waals surface area contributed by atoms with Gasteiger partial charge in [-0.1, -0.05) is 39.1 Å². The fraction of sp³-hybridized carbons (Fsp3) is 0.0833. The van der Waals surface area contributed by atoms with Gasteiger partial charge in [0.2, 0.25) is 0 Å². The van der Waals surface area contributed by atoms with E-state index >= 15 is 0 Å². The van der Waals surface area contributed by atoms with Gasteiger partial charge in [-0.25, -0.2) is 4.98 Å². The van der Waals surface area contributed by atoms with Crippen molar-refractivity contribution in [2.75, 3.05) is 0 Å². The van der Waals surface area contributed by atoms with Crippen LogP contribution in [0.3, 0.4) is 0 Å². The molecule has 0 saturated heterocycles. The van der Waals surface area contributed by atoms with Crippen molar-refractivity contribution in [3.8, 4) is 11.5 Å². The molecule has 2 rings (SSSR count). The number of nitrogens with zero attached hydrogens (tertiary/aromatic N) is 1. The zero-order chi connectivity index (χ0) is 12.4. The number of halogens is 3. The van der Waals surface area contributed by atoms with Crippen LogP contribution in [0.15, 0.2) is 34.9 Å². The quantitative estimate of drug-likeness (QED) is 0.700. The molecule has 0 saturated carbocycles. The lowest BCUT2D eigenvalue weighted by molar-refractivity contribution is 0.478. The van der Waals surface area contributed by atoms with E-state index in [1.165, 1.54) is 0 Å². The smallest absolute Gasteiger partial charge is 0.147 e. The molecule has 88 valence electrons. The number of hydrogen-bond donors (Lipinski definition) is 0. The summed E-state index contributed by atoms with van der Waals surface area (Å²) in [6.07, 6.45) is 1.66. The van der Waals surface area contributed by atoms with Crippen molar-refractivity contribution in [3.05, 3.63) is 50.7 Å². The van der Waals surface area contributed by atoms with Crippen molar-refractivity contribution < 1.29 is 4.74 Å². The van der Waals surface area contributed by atoms with Gasteiger partial charge in [0.05, 0.1) is 5.02 Å². The van der Waals surface area contributed by atoms with Crippen molar-refractivity contribution >= 4 is 39.1 Å². The molecule has 0 spiro atoms. The Morgan fingerprint density at radius 2 is 1.94 bits per heavy atom. The number of ether oxygens (including phenoxy) is 1. The highest BCUT2D eigenvalue weighted by Gasteiger charge is 2.07. The second kappa shape index (κ2) is 5.25. The van der Waals surface area contributed by atoms with Gasteiger partial charge in [-0.15, -0.1) is 0 Å². The van der Waals surface area contributed by atoms with E-state index in [0.29, 0.717) is 21.7 Å². The summed E-state index contributed by atoms with van der Waals surface area (Å²) in [6, 6.07) is 7.07. The molecule has 0 radical (unpaired) electrons. The van der Waals surface area contributed by atoms with Gasteiger partial charge >= 0.3 is 0 Å². The second-order valence-electron chi connectivity index (χ2n) is 3.45. The van der Waals surface area contributed by atoms with Gasteiger partial charge in [-0.3, -0.25) is 0 Å². The Bertz CT molecular complexity index is 511. The molecule has 0 aliphatic rings. The Labute approximate surface area is 118 Å². The Morgan fingerprint density at radius 1 is 1.18 bits per heavy atom. The molecule has 0 fully saturated rings. The SMILES string of the molecule is Cc1cnc(Cl)cc1Oc1cc(Br)ccc1Cl. The maximum atomic E-state index is 6.04. The minimum absolute atomic E-state index is 0.386. The highest BCUT2D eigenvalue weighted by molar-refractivity contribution is 9.10. The van der Waals surface area contributed by atoms with Crippen LogP contribution >= 0.6 is 39.1 Å². The van der Waals surface area contributed by atoms with Crippen molar-refractivity contribution in [2.45, 2.75) is 6.92 Å². The van der Waals surface area contributed by atoms with Crippen LogP contribution in [0.2, 0.25) is 10.2 Å². The fourth-order valence-electron chi connectivity index (χ4n) is 1.27. The molecule has 1 aromatic carbocycles. The fourth-order valence-corrected chi connectivity index (χ4v) is 1.91. The molecular weight excluding hydrogens is 325 g/mol. The normalized spacial score (nSPS) is 10.4. The first-order valence-electron chi connectivity index (χ1n) is 4.81. The lowest BCUT2D eigenvalue weighted by Gasteiger charge is -2.10. The monoisotopic (exact) mass is 331 g/mol. The van der Waals surface area contributed by atoms with Gasteiger partial charge in [0, 0.05) is 22.3 Å². The average molecular weight is 333 g/mol. The highest BCUT2D eigenvalue weighted by atomic mass is 79.9. The van der Waals surface area contributed by atoms with Gasteiger partial charge in [-0.2, -0.15) is 0 Å². The third-order valence-corrected chi connectivity index (χ3v) is 3.15. The van der Waals surface area contributed by atoms with Gasteiger partial charge in [-0.05, 0) is 25.1 Å². The standard InChI is InChI=1S/C12H8BrCl2NO/c1-7-6-16-12(15)5-10(7)17-11-4-8(13)2-3-9(11)14/h2-6H,1H3. The molecule has 2 aromatic rings. The van der Waals surface area contributed by atoms with Gasteiger partial charge in [0.15, 0.2) is 0 Å². The first-order chi connectivity index (χ1) is 8.06. The highest BCUT2D eigenvalue weighted by Crippen LogP contribution is 2.33. The molecule has 0 amide bonds. The first-order valence-corrected chi connectivity index (χ1v) is 6.36. The van der Waals surface area contributed by atoms with E-state index in [2.05, 4.69) is 20.9 Å². The summed E-state index contributed by atoms with van der Waals surface area (Å²) in [5.74, 6) is 1.22. The van der Waals surface area contributed by atoms with Gasteiger partial charge in [0.1, 0.15) is 16.7 Å². The van der Waals surface area contributed by atoms with E-state index in [-0.39, 0.29) is 0 Å². The van der Waals surface area contributed by atoms with Crippen molar-refractivity contribution in [2.24, 2.45) is 0 Å². The minimum atomic E-state index is 0.386. The number of rotatable bonds is 2. The summed E-state index contributed by atoms with van der Waals surface area (Å²) >= 11 is 15.2. The molecule has 17 heavy (non-hydrogen) atoms. The number of pyridine rings is 1.